The molecule has 0 bridgehead atoms. The largest absolute Gasteiger partial charge is 0.382 e. The van der Waals surface area contributed by atoms with Gasteiger partial charge in [-0.2, -0.15) is 0 Å². The van der Waals surface area contributed by atoms with Crippen LogP contribution < -0.4 is 22.1 Å². The molecule has 102 valence electrons. The number of hydrogen-bond donors (Lipinski definition) is 4. The predicted molar refractivity (Wildman–Crippen MR) is 73.0 cm³/mol. The predicted octanol–water partition coefficient (Wildman–Crippen LogP) is 0.0483. The van der Waals surface area contributed by atoms with Crippen molar-refractivity contribution in [2.75, 3.05) is 18.4 Å². The van der Waals surface area contributed by atoms with E-state index in [9.17, 15) is 9.59 Å². The maximum Gasteiger partial charge on any atom is 0.248 e. The van der Waals surface area contributed by atoms with E-state index in [0.29, 0.717) is 11.7 Å². The van der Waals surface area contributed by atoms with E-state index in [1.54, 1.807) is 12.1 Å². The molecule has 0 atom stereocenters. The first-order chi connectivity index (χ1) is 9.06. The number of amides is 2. The average Bonchev–Trinajstić information content (AvgIpc) is 2.39. The SMILES string of the molecule is NC(=O)c1cc(NC2CCNCC2)cc(C(N)=O)c1. The van der Waals surface area contributed by atoms with Crippen molar-refractivity contribution in [3.63, 3.8) is 0 Å². The van der Waals surface area contributed by atoms with Crippen LogP contribution in [0.3, 0.4) is 0 Å². The van der Waals surface area contributed by atoms with E-state index in [-0.39, 0.29) is 11.1 Å². The zero-order valence-electron chi connectivity index (χ0n) is 10.6. The fraction of sp³-hybridized carbons (Fsp3) is 0.385. The number of benzene rings is 1. The maximum absolute atomic E-state index is 11.3. The molecule has 1 aromatic carbocycles. The number of carbonyl (C=O) groups is 2. The summed E-state index contributed by atoms with van der Waals surface area (Å²) >= 11 is 0. The number of primary amides is 2. The van der Waals surface area contributed by atoms with Crippen LogP contribution in [0.4, 0.5) is 5.69 Å². The number of nitrogens with one attached hydrogen (secondary N) is 2. The highest BCUT2D eigenvalue weighted by Gasteiger charge is 2.14. The number of rotatable bonds is 4. The highest BCUT2D eigenvalue weighted by Crippen LogP contribution is 2.18. The molecule has 2 amide bonds. The summed E-state index contributed by atoms with van der Waals surface area (Å²) in [6, 6.07) is 5.04. The molecule has 1 heterocycles. The van der Waals surface area contributed by atoms with E-state index in [1.165, 1.54) is 6.07 Å². The lowest BCUT2D eigenvalue weighted by molar-refractivity contribution is 0.0999. The van der Waals surface area contributed by atoms with Crippen LogP contribution in [-0.2, 0) is 0 Å². The Morgan fingerprint density at radius 2 is 1.58 bits per heavy atom. The normalized spacial score (nSPS) is 16.0. The van der Waals surface area contributed by atoms with Crippen LogP contribution in [0.5, 0.6) is 0 Å². The lowest BCUT2D eigenvalue weighted by Crippen LogP contribution is -2.35. The third kappa shape index (κ3) is 3.45. The van der Waals surface area contributed by atoms with Crippen molar-refractivity contribution in [3.8, 4) is 0 Å². The molecule has 0 saturated carbocycles. The summed E-state index contributed by atoms with van der Waals surface area (Å²) in [4.78, 5) is 22.5. The van der Waals surface area contributed by atoms with Gasteiger partial charge in [0.05, 0.1) is 0 Å². The second-order valence-corrected chi connectivity index (χ2v) is 4.70. The van der Waals surface area contributed by atoms with Crippen molar-refractivity contribution in [2.24, 2.45) is 11.5 Å². The number of carbonyl (C=O) groups excluding carboxylic acids is 2. The Morgan fingerprint density at radius 1 is 1.05 bits per heavy atom. The van der Waals surface area contributed by atoms with Crippen molar-refractivity contribution in [1.29, 1.82) is 0 Å². The molecule has 1 aromatic rings. The number of hydrogen-bond acceptors (Lipinski definition) is 4. The second kappa shape index (κ2) is 5.71. The summed E-state index contributed by atoms with van der Waals surface area (Å²) < 4.78 is 0. The van der Waals surface area contributed by atoms with E-state index in [2.05, 4.69) is 10.6 Å². The van der Waals surface area contributed by atoms with Gasteiger partial charge in [-0.15, -0.1) is 0 Å². The standard InChI is InChI=1S/C13H18N4O2/c14-12(18)8-5-9(13(15)19)7-11(6-8)17-10-1-3-16-4-2-10/h5-7,10,16-17H,1-4H2,(H2,14,18)(H2,15,19). The quantitative estimate of drug-likeness (QED) is 0.614. The van der Waals surface area contributed by atoms with E-state index in [0.717, 1.165) is 25.9 Å². The fourth-order valence-electron chi connectivity index (χ4n) is 2.20. The minimum atomic E-state index is -0.573. The fourth-order valence-corrected chi connectivity index (χ4v) is 2.20. The average molecular weight is 262 g/mol. The van der Waals surface area contributed by atoms with Crippen LogP contribution in [0, 0.1) is 0 Å². The molecule has 0 aromatic heterocycles. The minimum Gasteiger partial charge on any atom is -0.382 e. The molecule has 19 heavy (non-hydrogen) atoms. The molecule has 1 fully saturated rings. The Morgan fingerprint density at radius 3 is 2.05 bits per heavy atom. The van der Waals surface area contributed by atoms with E-state index < -0.39 is 11.8 Å². The van der Waals surface area contributed by atoms with Gasteiger partial charge in [-0.05, 0) is 44.1 Å². The maximum atomic E-state index is 11.3. The Bertz CT molecular complexity index is 463. The highest BCUT2D eigenvalue weighted by atomic mass is 16.1. The molecular weight excluding hydrogens is 244 g/mol. The van der Waals surface area contributed by atoms with Gasteiger partial charge in [0.15, 0.2) is 0 Å². The van der Waals surface area contributed by atoms with Gasteiger partial charge in [0, 0.05) is 22.9 Å². The van der Waals surface area contributed by atoms with Crippen LogP contribution in [0.15, 0.2) is 18.2 Å². The van der Waals surface area contributed by atoms with E-state index in [1.807, 2.05) is 0 Å². The zero-order chi connectivity index (χ0) is 13.8. The van der Waals surface area contributed by atoms with Gasteiger partial charge in [0.1, 0.15) is 0 Å². The third-order valence-corrected chi connectivity index (χ3v) is 3.21. The Hall–Kier alpha value is -2.08. The van der Waals surface area contributed by atoms with Gasteiger partial charge in [-0.25, -0.2) is 0 Å². The second-order valence-electron chi connectivity index (χ2n) is 4.70. The monoisotopic (exact) mass is 262 g/mol. The molecule has 6 heteroatoms. The molecule has 6 nitrogen and oxygen atoms in total. The first-order valence-electron chi connectivity index (χ1n) is 6.28. The van der Waals surface area contributed by atoms with Gasteiger partial charge < -0.3 is 22.1 Å². The van der Waals surface area contributed by atoms with Gasteiger partial charge in [-0.1, -0.05) is 0 Å². The first-order valence-corrected chi connectivity index (χ1v) is 6.28. The summed E-state index contributed by atoms with van der Waals surface area (Å²) in [5.41, 5.74) is 11.8. The summed E-state index contributed by atoms with van der Waals surface area (Å²) in [5.74, 6) is -1.15. The van der Waals surface area contributed by atoms with E-state index >= 15 is 0 Å². The topological polar surface area (TPSA) is 110 Å². The molecule has 6 N–H and O–H groups in total. The van der Waals surface area contributed by atoms with Crippen LogP contribution in [-0.4, -0.2) is 30.9 Å². The Labute approximate surface area is 111 Å². The van der Waals surface area contributed by atoms with Gasteiger partial charge >= 0.3 is 0 Å². The highest BCUT2D eigenvalue weighted by molar-refractivity contribution is 5.99. The van der Waals surface area contributed by atoms with Crippen molar-refractivity contribution < 1.29 is 9.59 Å². The smallest absolute Gasteiger partial charge is 0.248 e. The van der Waals surface area contributed by atoms with Crippen LogP contribution in [0.25, 0.3) is 0 Å². The van der Waals surface area contributed by atoms with Crippen LogP contribution in [0.1, 0.15) is 33.6 Å². The summed E-state index contributed by atoms with van der Waals surface area (Å²) in [7, 11) is 0. The Balaban J connectivity index is 2.22. The van der Waals surface area contributed by atoms with Gasteiger partial charge in [-0.3, -0.25) is 9.59 Å². The first kappa shape index (κ1) is 13.4. The molecule has 1 aliphatic heterocycles. The van der Waals surface area contributed by atoms with Crippen LogP contribution in [0.2, 0.25) is 0 Å². The molecule has 0 unspecified atom stereocenters. The van der Waals surface area contributed by atoms with E-state index in [4.69, 9.17) is 11.5 Å². The van der Waals surface area contributed by atoms with Crippen molar-refractivity contribution in [1.82, 2.24) is 5.32 Å². The summed E-state index contributed by atoms with van der Waals surface area (Å²) in [6.07, 6.45) is 1.99. The molecule has 1 aliphatic rings. The Kier molecular flexibility index (Phi) is 4.01. The lowest BCUT2D eigenvalue weighted by atomic mass is 10.0. The summed E-state index contributed by atoms with van der Waals surface area (Å²) in [5, 5.41) is 6.59. The minimum absolute atomic E-state index is 0.285. The van der Waals surface area contributed by atoms with Crippen molar-refractivity contribution >= 4 is 17.5 Å². The number of anilines is 1. The van der Waals surface area contributed by atoms with Gasteiger partial charge in [0.25, 0.3) is 0 Å². The zero-order valence-corrected chi connectivity index (χ0v) is 10.6. The third-order valence-electron chi connectivity index (χ3n) is 3.21. The lowest BCUT2D eigenvalue weighted by Gasteiger charge is -2.25. The van der Waals surface area contributed by atoms with Crippen molar-refractivity contribution in [3.05, 3.63) is 29.3 Å². The van der Waals surface area contributed by atoms with Gasteiger partial charge in [0.2, 0.25) is 11.8 Å². The number of piperidine rings is 1. The van der Waals surface area contributed by atoms with Crippen molar-refractivity contribution in [2.45, 2.75) is 18.9 Å². The molecule has 0 radical (unpaired) electrons. The molecule has 2 rings (SSSR count). The summed E-state index contributed by atoms with van der Waals surface area (Å²) in [6.45, 7) is 1.91. The molecule has 0 aliphatic carbocycles. The number of nitrogens with two attached hydrogens (primary N) is 2. The molecule has 0 spiro atoms. The molecular formula is C13H18N4O2. The molecule has 1 saturated heterocycles. The van der Waals surface area contributed by atoms with Crippen LogP contribution >= 0.6 is 0 Å².